The summed E-state index contributed by atoms with van der Waals surface area (Å²) < 4.78 is 0. The molecule has 0 unspecified atom stereocenters. The zero-order valence-corrected chi connectivity index (χ0v) is 14.1. The molecule has 3 nitrogen and oxygen atoms in total. The predicted octanol–water partition coefficient (Wildman–Crippen LogP) is 3.37. The number of hydrogen-bond acceptors (Lipinski definition) is 3. The Balaban J connectivity index is 2.01. The van der Waals surface area contributed by atoms with E-state index in [0.29, 0.717) is 0 Å². The fourth-order valence-electron chi connectivity index (χ4n) is 2.93. The highest BCUT2D eigenvalue weighted by Crippen LogP contribution is 2.25. The zero-order valence-electron chi connectivity index (χ0n) is 13.4. The Morgan fingerprint density at radius 1 is 1.10 bits per heavy atom. The summed E-state index contributed by atoms with van der Waals surface area (Å²) in [5, 5.41) is 4.32. The van der Waals surface area contributed by atoms with Gasteiger partial charge in [0.15, 0.2) is 0 Å². The third-order valence-electron chi connectivity index (χ3n) is 4.04. The molecular formula is C17H28ClN3. The third-order valence-corrected chi connectivity index (χ3v) is 4.27. The number of halogens is 1. The molecule has 0 aromatic heterocycles. The van der Waals surface area contributed by atoms with Crippen molar-refractivity contribution in [3.05, 3.63) is 28.8 Å². The molecule has 4 heteroatoms. The second kappa shape index (κ2) is 8.62. The molecule has 0 saturated carbocycles. The molecule has 1 saturated heterocycles. The van der Waals surface area contributed by atoms with E-state index in [-0.39, 0.29) is 0 Å². The molecule has 0 atom stereocenters. The van der Waals surface area contributed by atoms with E-state index in [1.165, 1.54) is 24.2 Å². The topological polar surface area (TPSA) is 18.5 Å². The molecule has 1 aromatic carbocycles. The quantitative estimate of drug-likeness (QED) is 0.779. The highest BCUT2D eigenvalue weighted by molar-refractivity contribution is 6.30. The highest BCUT2D eigenvalue weighted by Gasteiger charge is 2.18. The first kappa shape index (κ1) is 16.6. The van der Waals surface area contributed by atoms with Crippen LogP contribution in [0.3, 0.4) is 0 Å². The van der Waals surface area contributed by atoms with Crippen LogP contribution in [-0.4, -0.2) is 44.2 Å². The summed E-state index contributed by atoms with van der Waals surface area (Å²) >= 11 is 6.18. The van der Waals surface area contributed by atoms with Gasteiger partial charge in [-0.3, -0.25) is 4.90 Å². The summed E-state index contributed by atoms with van der Waals surface area (Å²) in [5.41, 5.74) is 2.67. The fourth-order valence-corrected chi connectivity index (χ4v) is 3.13. The zero-order chi connectivity index (χ0) is 15.1. The van der Waals surface area contributed by atoms with Crippen LogP contribution in [0.2, 0.25) is 5.02 Å². The molecule has 1 aliphatic rings. The van der Waals surface area contributed by atoms with Crippen molar-refractivity contribution in [2.75, 3.05) is 44.2 Å². The fraction of sp³-hybridized carbons (Fsp3) is 0.647. The lowest BCUT2D eigenvalue weighted by Gasteiger charge is -2.37. The van der Waals surface area contributed by atoms with Crippen molar-refractivity contribution in [1.82, 2.24) is 10.2 Å². The molecule has 1 aliphatic heterocycles. The molecule has 0 radical (unpaired) electrons. The van der Waals surface area contributed by atoms with Gasteiger partial charge in [0, 0.05) is 43.4 Å². The molecule has 1 heterocycles. The Bertz CT molecular complexity index is 428. The van der Waals surface area contributed by atoms with Crippen LogP contribution in [0.15, 0.2) is 18.2 Å². The van der Waals surface area contributed by atoms with E-state index in [2.05, 4.69) is 41.1 Å². The summed E-state index contributed by atoms with van der Waals surface area (Å²) in [7, 11) is 0. The second-order valence-corrected chi connectivity index (χ2v) is 6.21. The lowest BCUT2D eigenvalue weighted by molar-refractivity contribution is 0.258. The Labute approximate surface area is 134 Å². The molecule has 1 aromatic rings. The van der Waals surface area contributed by atoms with Gasteiger partial charge in [0.1, 0.15) is 0 Å². The van der Waals surface area contributed by atoms with Gasteiger partial charge in [0.25, 0.3) is 0 Å². The van der Waals surface area contributed by atoms with Gasteiger partial charge in [0.2, 0.25) is 0 Å². The van der Waals surface area contributed by atoms with Crippen molar-refractivity contribution in [3.63, 3.8) is 0 Å². The molecule has 1 N–H and O–H groups in total. The lowest BCUT2D eigenvalue weighted by Crippen LogP contribution is -2.46. The van der Waals surface area contributed by atoms with Crippen molar-refractivity contribution in [1.29, 1.82) is 0 Å². The van der Waals surface area contributed by atoms with E-state index in [9.17, 15) is 0 Å². The number of rotatable bonds is 7. The maximum Gasteiger partial charge on any atom is 0.0413 e. The number of piperazine rings is 1. The van der Waals surface area contributed by atoms with Gasteiger partial charge in [-0.1, -0.05) is 25.4 Å². The van der Waals surface area contributed by atoms with E-state index >= 15 is 0 Å². The van der Waals surface area contributed by atoms with Crippen LogP contribution >= 0.6 is 11.6 Å². The normalized spacial score (nSPS) is 16.4. The SMILES string of the molecule is CCCNCc1cc(Cl)ccc1N1CCN(CCC)CC1. The number of hydrogen-bond donors (Lipinski definition) is 1. The summed E-state index contributed by atoms with van der Waals surface area (Å²) in [5.74, 6) is 0. The first-order chi connectivity index (χ1) is 10.2. The molecule has 0 bridgehead atoms. The number of nitrogens with zero attached hydrogens (tertiary/aromatic N) is 2. The lowest BCUT2D eigenvalue weighted by atomic mass is 10.1. The average molecular weight is 310 g/mol. The summed E-state index contributed by atoms with van der Waals surface area (Å²) in [6, 6.07) is 6.30. The summed E-state index contributed by atoms with van der Waals surface area (Å²) in [4.78, 5) is 5.06. The highest BCUT2D eigenvalue weighted by atomic mass is 35.5. The summed E-state index contributed by atoms with van der Waals surface area (Å²) in [6.45, 7) is 12.2. The van der Waals surface area contributed by atoms with Gasteiger partial charge in [-0.15, -0.1) is 0 Å². The largest absolute Gasteiger partial charge is 0.369 e. The van der Waals surface area contributed by atoms with Gasteiger partial charge < -0.3 is 10.2 Å². The van der Waals surface area contributed by atoms with Gasteiger partial charge in [-0.25, -0.2) is 0 Å². The van der Waals surface area contributed by atoms with Crippen LogP contribution < -0.4 is 10.2 Å². The maximum atomic E-state index is 6.18. The molecule has 0 amide bonds. The Kier molecular flexibility index (Phi) is 6.81. The number of benzene rings is 1. The van der Waals surface area contributed by atoms with Crippen molar-refractivity contribution in [2.45, 2.75) is 33.2 Å². The average Bonchev–Trinajstić information content (AvgIpc) is 2.49. The van der Waals surface area contributed by atoms with Gasteiger partial charge >= 0.3 is 0 Å². The van der Waals surface area contributed by atoms with E-state index in [0.717, 1.165) is 50.7 Å². The summed E-state index contributed by atoms with van der Waals surface area (Å²) in [6.07, 6.45) is 2.40. The minimum Gasteiger partial charge on any atom is -0.369 e. The second-order valence-electron chi connectivity index (χ2n) is 5.78. The van der Waals surface area contributed by atoms with Crippen LogP contribution in [0.4, 0.5) is 5.69 Å². The van der Waals surface area contributed by atoms with Gasteiger partial charge in [-0.2, -0.15) is 0 Å². The van der Waals surface area contributed by atoms with Gasteiger partial charge in [-0.05, 0) is 49.7 Å². The number of anilines is 1. The van der Waals surface area contributed by atoms with E-state index in [1.54, 1.807) is 0 Å². The van der Waals surface area contributed by atoms with E-state index in [1.807, 2.05) is 6.07 Å². The van der Waals surface area contributed by atoms with E-state index in [4.69, 9.17) is 11.6 Å². The molecule has 118 valence electrons. The van der Waals surface area contributed by atoms with Gasteiger partial charge in [0.05, 0.1) is 0 Å². The van der Waals surface area contributed by atoms with Crippen molar-refractivity contribution in [3.8, 4) is 0 Å². The molecule has 2 rings (SSSR count). The monoisotopic (exact) mass is 309 g/mol. The van der Waals surface area contributed by atoms with Crippen molar-refractivity contribution in [2.24, 2.45) is 0 Å². The Hall–Kier alpha value is -0.770. The standard InChI is InChI=1S/C17H28ClN3/c1-3-7-19-14-15-13-16(18)5-6-17(15)21-11-9-20(8-4-2)10-12-21/h5-6,13,19H,3-4,7-12,14H2,1-2H3. The molecule has 0 aliphatic carbocycles. The van der Waals surface area contributed by atoms with Crippen molar-refractivity contribution >= 4 is 17.3 Å². The maximum absolute atomic E-state index is 6.18. The first-order valence-electron chi connectivity index (χ1n) is 8.21. The molecular weight excluding hydrogens is 282 g/mol. The smallest absolute Gasteiger partial charge is 0.0413 e. The van der Waals surface area contributed by atoms with Crippen LogP contribution in [0, 0.1) is 0 Å². The van der Waals surface area contributed by atoms with Crippen LogP contribution in [0.5, 0.6) is 0 Å². The van der Waals surface area contributed by atoms with Crippen molar-refractivity contribution < 1.29 is 0 Å². The minimum atomic E-state index is 0.830. The minimum absolute atomic E-state index is 0.830. The number of nitrogens with one attached hydrogen (secondary N) is 1. The van der Waals surface area contributed by atoms with Crippen LogP contribution in [0.25, 0.3) is 0 Å². The molecule has 1 fully saturated rings. The Morgan fingerprint density at radius 2 is 1.86 bits per heavy atom. The first-order valence-corrected chi connectivity index (χ1v) is 8.58. The predicted molar refractivity (Wildman–Crippen MR) is 92.4 cm³/mol. The van der Waals surface area contributed by atoms with Crippen LogP contribution in [-0.2, 0) is 6.54 Å². The van der Waals surface area contributed by atoms with Crippen LogP contribution in [0.1, 0.15) is 32.3 Å². The third kappa shape index (κ3) is 4.87. The van der Waals surface area contributed by atoms with E-state index < -0.39 is 0 Å². The molecule has 0 spiro atoms. The molecule has 21 heavy (non-hydrogen) atoms. The Morgan fingerprint density at radius 3 is 2.52 bits per heavy atom.